The van der Waals surface area contributed by atoms with Crippen molar-refractivity contribution in [1.82, 2.24) is 4.90 Å². The minimum atomic E-state index is 0.148. The van der Waals surface area contributed by atoms with Gasteiger partial charge in [-0.2, -0.15) is 0 Å². The fraction of sp³-hybridized carbons (Fsp3) is 0.600. The maximum absolute atomic E-state index is 6.13. The van der Waals surface area contributed by atoms with Crippen LogP contribution < -0.4 is 5.73 Å². The van der Waals surface area contributed by atoms with Crippen LogP contribution in [-0.4, -0.2) is 30.2 Å². The Morgan fingerprint density at radius 2 is 1.83 bits per heavy atom. The third-order valence-corrected chi connectivity index (χ3v) is 4.53. The van der Waals surface area contributed by atoms with Crippen LogP contribution in [0.15, 0.2) is 24.3 Å². The Morgan fingerprint density at radius 1 is 1.11 bits per heavy atom. The molecule has 1 unspecified atom stereocenters. The van der Waals surface area contributed by atoms with Gasteiger partial charge in [0.2, 0.25) is 0 Å². The molecule has 1 atom stereocenters. The molecular weight excluding hydrogens is 224 g/mol. The number of ether oxygens (including phenoxy) is 1. The fourth-order valence-corrected chi connectivity index (χ4v) is 3.31. The number of hydrogen-bond acceptors (Lipinski definition) is 3. The highest BCUT2D eigenvalue weighted by Gasteiger charge is 2.38. The summed E-state index contributed by atoms with van der Waals surface area (Å²) in [5.41, 5.74) is 9.21. The predicted octanol–water partition coefficient (Wildman–Crippen LogP) is 1.90. The second kappa shape index (κ2) is 5.00. The number of benzene rings is 1. The molecule has 0 aromatic heterocycles. The van der Waals surface area contributed by atoms with Crippen LogP contribution in [-0.2, 0) is 17.8 Å². The molecule has 0 amide bonds. The lowest BCUT2D eigenvalue weighted by Crippen LogP contribution is -2.51. The molecule has 3 heteroatoms. The zero-order valence-corrected chi connectivity index (χ0v) is 10.9. The first-order valence-corrected chi connectivity index (χ1v) is 6.94. The second-order valence-electron chi connectivity index (χ2n) is 5.52. The third kappa shape index (κ3) is 2.07. The predicted molar refractivity (Wildman–Crippen MR) is 72.1 cm³/mol. The van der Waals surface area contributed by atoms with Crippen LogP contribution >= 0.6 is 0 Å². The Morgan fingerprint density at radius 3 is 2.50 bits per heavy atom. The van der Waals surface area contributed by atoms with E-state index in [1.54, 1.807) is 0 Å². The van der Waals surface area contributed by atoms with E-state index in [0.717, 1.165) is 52.1 Å². The van der Waals surface area contributed by atoms with Crippen molar-refractivity contribution >= 4 is 0 Å². The van der Waals surface area contributed by atoms with Gasteiger partial charge in [-0.25, -0.2) is 0 Å². The average Bonchev–Trinajstić information content (AvgIpc) is 2.70. The molecule has 0 aliphatic carbocycles. The van der Waals surface area contributed by atoms with E-state index in [-0.39, 0.29) is 5.54 Å². The van der Waals surface area contributed by atoms with Crippen molar-refractivity contribution in [2.45, 2.75) is 37.9 Å². The van der Waals surface area contributed by atoms with Crippen LogP contribution in [0.2, 0.25) is 0 Å². The summed E-state index contributed by atoms with van der Waals surface area (Å²) in [7, 11) is 0. The number of fused-ring (bicyclic) bond motifs is 1. The first-order valence-electron chi connectivity index (χ1n) is 6.94. The molecule has 0 bridgehead atoms. The van der Waals surface area contributed by atoms with Crippen LogP contribution in [0.5, 0.6) is 0 Å². The van der Waals surface area contributed by atoms with Crippen molar-refractivity contribution < 1.29 is 4.74 Å². The molecule has 1 fully saturated rings. The van der Waals surface area contributed by atoms with Crippen LogP contribution in [0.1, 0.15) is 30.4 Å². The number of hydrogen-bond donors (Lipinski definition) is 1. The number of rotatable bonds is 2. The standard InChI is InChI=1S/C15H22N2O/c16-12-15(6-3-8-18-9-7-15)17-10-13-4-1-2-5-14(13)11-17/h1-2,4-5H,3,6-12,16H2. The summed E-state index contributed by atoms with van der Waals surface area (Å²) in [6.07, 6.45) is 3.36. The van der Waals surface area contributed by atoms with E-state index in [9.17, 15) is 0 Å². The molecule has 1 aromatic rings. The Labute approximate surface area is 109 Å². The minimum Gasteiger partial charge on any atom is -0.381 e. The van der Waals surface area contributed by atoms with E-state index in [4.69, 9.17) is 10.5 Å². The summed E-state index contributed by atoms with van der Waals surface area (Å²) < 4.78 is 5.61. The van der Waals surface area contributed by atoms with Crippen molar-refractivity contribution in [2.75, 3.05) is 19.8 Å². The van der Waals surface area contributed by atoms with Crippen molar-refractivity contribution in [3.8, 4) is 0 Å². The van der Waals surface area contributed by atoms with E-state index in [1.807, 2.05) is 0 Å². The summed E-state index contributed by atoms with van der Waals surface area (Å²) in [6, 6.07) is 8.75. The van der Waals surface area contributed by atoms with E-state index in [2.05, 4.69) is 29.2 Å². The van der Waals surface area contributed by atoms with E-state index in [0.29, 0.717) is 0 Å². The molecule has 2 aliphatic heterocycles. The molecule has 18 heavy (non-hydrogen) atoms. The molecule has 1 saturated heterocycles. The molecule has 3 nitrogen and oxygen atoms in total. The van der Waals surface area contributed by atoms with Gasteiger partial charge >= 0.3 is 0 Å². The molecule has 0 radical (unpaired) electrons. The molecule has 0 saturated carbocycles. The number of nitrogens with two attached hydrogens (primary N) is 1. The van der Waals surface area contributed by atoms with Gasteiger partial charge in [-0.15, -0.1) is 0 Å². The Hall–Kier alpha value is -0.900. The van der Waals surface area contributed by atoms with Crippen molar-refractivity contribution in [2.24, 2.45) is 5.73 Å². The van der Waals surface area contributed by atoms with Gasteiger partial charge in [0, 0.05) is 38.4 Å². The largest absolute Gasteiger partial charge is 0.381 e. The van der Waals surface area contributed by atoms with Gasteiger partial charge in [0.1, 0.15) is 0 Å². The van der Waals surface area contributed by atoms with E-state index >= 15 is 0 Å². The highest BCUT2D eigenvalue weighted by molar-refractivity contribution is 5.31. The lowest BCUT2D eigenvalue weighted by molar-refractivity contribution is 0.0642. The smallest absolute Gasteiger partial charge is 0.0484 e. The molecule has 1 aromatic carbocycles. The summed E-state index contributed by atoms with van der Waals surface area (Å²) in [6.45, 7) is 4.58. The molecule has 0 spiro atoms. The highest BCUT2D eigenvalue weighted by Crippen LogP contribution is 2.35. The SMILES string of the molecule is NCC1(N2Cc3ccccc3C2)CCCOCC1. The van der Waals surface area contributed by atoms with Crippen molar-refractivity contribution in [3.63, 3.8) is 0 Å². The van der Waals surface area contributed by atoms with Crippen LogP contribution in [0.3, 0.4) is 0 Å². The number of nitrogens with zero attached hydrogens (tertiary/aromatic N) is 1. The summed E-state index contributed by atoms with van der Waals surface area (Å²) in [4.78, 5) is 2.58. The van der Waals surface area contributed by atoms with Gasteiger partial charge in [0.15, 0.2) is 0 Å². The highest BCUT2D eigenvalue weighted by atomic mass is 16.5. The molecule has 2 heterocycles. The second-order valence-corrected chi connectivity index (χ2v) is 5.52. The monoisotopic (exact) mass is 246 g/mol. The molecule has 3 rings (SSSR count). The quantitative estimate of drug-likeness (QED) is 0.866. The van der Waals surface area contributed by atoms with Gasteiger partial charge in [-0.1, -0.05) is 24.3 Å². The first-order chi connectivity index (χ1) is 8.84. The Kier molecular flexibility index (Phi) is 3.37. The Balaban J connectivity index is 1.82. The maximum atomic E-state index is 6.13. The van der Waals surface area contributed by atoms with E-state index < -0.39 is 0 Å². The average molecular weight is 246 g/mol. The minimum absolute atomic E-state index is 0.148. The lowest BCUT2D eigenvalue weighted by atomic mass is 9.88. The van der Waals surface area contributed by atoms with Crippen LogP contribution in [0.4, 0.5) is 0 Å². The molecule has 98 valence electrons. The maximum Gasteiger partial charge on any atom is 0.0484 e. The topological polar surface area (TPSA) is 38.5 Å². The molecule has 2 aliphatic rings. The third-order valence-electron chi connectivity index (χ3n) is 4.53. The summed E-state index contributed by atoms with van der Waals surface area (Å²) in [5.74, 6) is 0. The zero-order chi connectivity index (χ0) is 12.4. The summed E-state index contributed by atoms with van der Waals surface area (Å²) in [5, 5.41) is 0. The van der Waals surface area contributed by atoms with Crippen molar-refractivity contribution in [3.05, 3.63) is 35.4 Å². The molecular formula is C15H22N2O. The molecule has 2 N–H and O–H groups in total. The van der Waals surface area contributed by atoms with Gasteiger partial charge in [-0.3, -0.25) is 4.90 Å². The van der Waals surface area contributed by atoms with Gasteiger partial charge in [-0.05, 0) is 30.4 Å². The van der Waals surface area contributed by atoms with E-state index in [1.165, 1.54) is 11.1 Å². The normalized spacial score (nSPS) is 28.9. The fourth-order valence-electron chi connectivity index (χ4n) is 3.31. The lowest BCUT2D eigenvalue weighted by Gasteiger charge is -2.40. The van der Waals surface area contributed by atoms with Gasteiger partial charge in [0.05, 0.1) is 0 Å². The van der Waals surface area contributed by atoms with Gasteiger partial charge in [0.25, 0.3) is 0 Å². The van der Waals surface area contributed by atoms with Crippen LogP contribution in [0, 0.1) is 0 Å². The van der Waals surface area contributed by atoms with Crippen molar-refractivity contribution in [1.29, 1.82) is 0 Å². The Bertz CT molecular complexity index is 386. The first kappa shape index (κ1) is 12.2. The van der Waals surface area contributed by atoms with Crippen LogP contribution in [0.25, 0.3) is 0 Å². The summed E-state index contributed by atoms with van der Waals surface area (Å²) >= 11 is 0. The zero-order valence-electron chi connectivity index (χ0n) is 10.9. The van der Waals surface area contributed by atoms with Gasteiger partial charge < -0.3 is 10.5 Å².